The van der Waals surface area contributed by atoms with Gasteiger partial charge in [0.1, 0.15) is 4.90 Å². The van der Waals surface area contributed by atoms with Gasteiger partial charge in [-0.1, -0.05) is 0 Å². The molecule has 2 rings (SSSR count). The first-order valence-electron chi connectivity index (χ1n) is 7.24. The average Bonchev–Trinajstić information content (AvgIpc) is 3.16. The lowest BCUT2D eigenvalue weighted by atomic mass is 10.4. The second-order valence-corrected chi connectivity index (χ2v) is 8.23. The molecule has 1 aliphatic rings. The van der Waals surface area contributed by atoms with E-state index in [1.54, 1.807) is 19.3 Å². The molecule has 0 aliphatic heterocycles. The van der Waals surface area contributed by atoms with E-state index in [9.17, 15) is 8.42 Å². The smallest absolute Gasteiger partial charge is 0.244 e. The van der Waals surface area contributed by atoms with E-state index in [0.717, 1.165) is 31.5 Å². The number of hydrogen-bond donors (Lipinski definition) is 0. The maximum Gasteiger partial charge on any atom is 0.244 e. The first-order valence-corrected chi connectivity index (χ1v) is 9.21. The largest absolute Gasteiger partial charge is 0.346 e. The lowest BCUT2D eigenvalue weighted by Crippen LogP contribution is -2.29. The summed E-state index contributed by atoms with van der Waals surface area (Å²) in [6, 6.07) is 2.14. The molecular weight excluding hydrogens is 310 g/mol. The summed E-state index contributed by atoms with van der Waals surface area (Å²) in [5, 5.41) is 0. The van der Waals surface area contributed by atoms with Crippen LogP contribution >= 0.6 is 11.6 Å². The van der Waals surface area contributed by atoms with Gasteiger partial charge in [0.25, 0.3) is 0 Å². The van der Waals surface area contributed by atoms with Gasteiger partial charge in [-0.25, -0.2) is 12.7 Å². The van der Waals surface area contributed by atoms with Crippen molar-refractivity contribution in [3.8, 4) is 0 Å². The average molecular weight is 334 g/mol. The summed E-state index contributed by atoms with van der Waals surface area (Å²) in [6.45, 7) is 1.39. The minimum atomic E-state index is -3.42. The number of hydrogen-bond acceptors (Lipinski definition) is 3. The van der Waals surface area contributed by atoms with Gasteiger partial charge in [0.2, 0.25) is 10.0 Å². The number of halogens is 1. The van der Waals surface area contributed by atoms with Gasteiger partial charge in [-0.05, 0) is 46.0 Å². The van der Waals surface area contributed by atoms with E-state index < -0.39 is 10.0 Å². The predicted molar refractivity (Wildman–Crippen MR) is 85.2 cm³/mol. The summed E-state index contributed by atoms with van der Waals surface area (Å²) in [7, 11) is 2.19. The van der Waals surface area contributed by atoms with Crippen LogP contribution in [0.25, 0.3) is 0 Å². The van der Waals surface area contributed by atoms with Crippen molar-refractivity contribution < 1.29 is 8.42 Å². The first-order chi connectivity index (χ1) is 9.86. The molecule has 7 heteroatoms. The van der Waals surface area contributed by atoms with E-state index >= 15 is 0 Å². The molecule has 1 aliphatic carbocycles. The molecule has 1 aromatic heterocycles. The van der Waals surface area contributed by atoms with E-state index in [2.05, 4.69) is 4.90 Å². The Hall–Kier alpha value is -0.560. The fraction of sp³-hybridized carbons (Fsp3) is 0.714. The molecule has 0 spiro atoms. The third kappa shape index (κ3) is 4.00. The zero-order chi connectivity index (χ0) is 15.6. The first kappa shape index (κ1) is 16.8. The minimum Gasteiger partial charge on any atom is -0.346 e. The van der Waals surface area contributed by atoms with Crippen molar-refractivity contribution in [1.29, 1.82) is 0 Å². The van der Waals surface area contributed by atoms with Crippen LogP contribution < -0.4 is 0 Å². The number of alkyl halides is 1. The molecule has 0 N–H and O–H groups in total. The second-order valence-electron chi connectivity index (χ2n) is 5.92. The van der Waals surface area contributed by atoms with Crippen molar-refractivity contribution >= 4 is 21.6 Å². The molecule has 1 aromatic rings. The Labute approximate surface area is 132 Å². The number of rotatable bonds is 8. The monoisotopic (exact) mass is 333 g/mol. The minimum absolute atomic E-state index is 0.344. The number of nitrogens with zero attached hydrogens (tertiary/aromatic N) is 3. The van der Waals surface area contributed by atoms with Gasteiger partial charge >= 0.3 is 0 Å². The molecule has 0 bridgehead atoms. The van der Waals surface area contributed by atoms with Crippen LogP contribution in [-0.2, 0) is 15.9 Å². The third-order valence-electron chi connectivity index (χ3n) is 3.77. The van der Waals surface area contributed by atoms with Gasteiger partial charge in [-0.15, -0.1) is 11.6 Å². The molecule has 0 atom stereocenters. The second kappa shape index (κ2) is 6.69. The van der Waals surface area contributed by atoms with Crippen LogP contribution in [0.15, 0.2) is 17.2 Å². The molecule has 1 saturated carbocycles. The highest BCUT2D eigenvalue weighted by atomic mass is 35.5. The van der Waals surface area contributed by atoms with Crippen molar-refractivity contribution in [1.82, 2.24) is 13.8 Å². The quantitative estimate of drug-likeness (QED) is 0.685. The summed E-state index contributed by atoms with van der Waals surface area (Å²) in [5.41, 5.74) is 0.888. The van der Waals surface area contributed by atoms with E-state index in [0.29, 0.717) is 23.4 Å². The summed E-state index contributed by atoms with van der Waals surface area (Å²) < 4.78 is 28.6. The molecule has 5 nitrogen and oxygen atoms in total. The van der Waals surface area contributed by atoms with Gasteiger partial charge in [0, 0.05) is 31.5 Å². The van der Waals surface area contributed by atoms with Crippen LogP contribution in [0.1, 0.15) is 31.0 Å². The maximum atomic E-state index is 12.6. The zero-order valence-corrected chi connectivity index (χ0v) is 14.5. The van der Waals surface area contributed by atoms with Crippen LogP contribution in [0.5, 0.6) is 0 Å². The van der Waals surface area contributed by atoms with Gasteiger partial charge < -0.3 is 9.47 Å². The molecule has 1 heterocycles. The SMILES string of the molecule is CN(C)CCCN(C)S(=O)(=O)c1cc(CCl)n(C2CC2)c1. The Kier molecular flexibility index (Phi) is 5.35. The Morgan fingerprint density at radius 1 is 1.29 bits per heavy atom. The van der Waals surface area contributed by atoms with Crippen LogP contribution in [0.3, 0.4) is 0 Å². The Bertz CT molecular complexity index is 579. The van der Waals surface area contributed by atoms with E-state index in [1.165, 1.54) is 4.31 Å². The maximum absolute atomic E-state index is 12.6. The van der Waals surface area contributed by atoms with Gasteiger partial charge in [-0.3, -0.25) is 0 Å². The van der Waals surface area contributed by atoms with Crippen LogP contribution in [0.2, 0.25) is 0 Å². The van der Waals surface area contributed by atoms with Gasteiger partial charge in [-0.2, -0.15) is 0 Å². The summed E-state index contributed by atoms with van der Waals surface area (Å²) in [6.07, 6.45) is 4.77. The van der Waals surface area contributed by atoms with Crippen molar-refractivity contribution in [3.63, 3.8) is 0 Å². The molecule has 0 aromatic carbocycles. The molecule has 0 radical (unpaired) electrons. The fourth-order valence-electron chi connectivity index (χ4n) is 2.35. The lowest BCUT2D eigenvalue weighted by molar-refractivity contribution is 0.370. The standard InChI is InChI=1S/C14H24ClN3O2S/c1-16(2)7-4-8-17(3)21(19,20)14-9-13(10-15)18(11-14)12-5-6-12/h9,11-12H,4-8,10H2,1-3H3. The highest BCUT2D eigenvalue weighted by Gasteiger charge is 2.29. The summed E-state index contributed by atoms with van der Waals surface area (Å²) in [4.78, 5) is 2.41. The predicted octanol–water partition coefficient (Wildman–Crippen LogP) is 2.13. The fourth-order valence-corrected chi connectivity index (χ4v) is 3.82. The molecule has 0 unspecified atom stereocenters. The molecule has 120 valence electrons. The Balaban J connectivity index is 2.11. The van der Waals surface area contributed by atoms with Crippen LogP contribution in [-0.4, -0.2) is 56.4 Å². The summed E-state index contributed by atoms with van der Waals surface area (Å²) in [5.74, 6) is 0.344. The van der Waals surface area contributed by atoms with Crippen molar-refractivity contribution in [3.05, 3.63) is 18.0 Å². The van der Waals surface area contributed by atoms with Crippen LogP contribution in [0.4, 0.5) is 0 Å². The van der Waals surface area contributed by atoms with E-state index in [4.69, 9.17) is 11.6 Å². The Morgan fingerprint density at radius 3 is 2.48 bits per heavy atom. The summed E-state index contributed by atoms with van der Waals surface area (Å²) >= 11 is 5.93. The number of aromatic nitrogens is 1. The zero-order valence-electron chi connectivity index (χ0n) is 12.9. The van der Waals surface area contributed by atoms with Crippen molar-refractivity contribution in [2.75, 3.05) is 34.2 Å². The topological polar surface area (TPSA) is 45.6 Å². The third-order valence-corrected chi connectivity index (χ3v) is 5.87. The van der Waals surface area contributed by atoms with Gasteiger partial charge in [0.15, 0.2) is 0 Å². The van der Waals surface area contributed by atoms with Gasteiger partial charge in [0.05, 0.1) is 5.88 Å². The van der Waals surface area contributed by atoms with E-state index in [1.807, 2.05) is 18.7 Å². The molecular formula is C14H24ClN3O2S. The van der Waals surface area contributed by atoms with Crippen LogP contribution in [0, 0.1) is 0 Å². The molecule has 21 heavy (non-hydrogen) atoms. The van der Waals surface area contributed by atoms with Crippen molar-refractivity contribution in [2.24, 2.45) is 0 Å². The van der Waals surface area contributed by atoms with E-state index in [-0.39, 0.29) is 0 Å². The van der Waals surface area contributed by atoms with Crippen molar-refractivity contribution in [2.45, 2.75) is 36.1 Å². The number of sulfonamides is 1. The molecule has 1 fully saturated rings. The Morgan fingerprint density at radius 2 is 1.95 bits per heavy atom. The lowest BCUT2D eigenvalue weighted by Gasteiger charge is -2.17. The molecule has 0 amide bonds. The highest BCUT2D eigenvalue weighted by molar-refractivity contribution is 7.89. The highest BCUT2D eigenvalue weighted by Crippen LogP contribution is 2.37. The normalized spacial score (nSPS) is 16.1. The molecule has 0 saturated heterocycles.